The average Bonchev–Trinajstić information content (AvgIpc) is 2.69. The van der Waals surface area contributed by atoms with E-state index in [1.807, 2.05) is 6.92 Å². The minimum absolute atomic E-state index is 0.206. The van der Waals surface area contributed by atoms with E-state index >= 15 is 0 Å². The Morgan fingerprint density at radius 3 is 2.81 bits per heavy atom. The summed E-state index contributed by atoms with van der Waals surface area (Å²) in [5, 5.41) is 3.82. The van der Waals surface area contributed by atoms with Gasteiger partial charge < -0.3 is 10.1 Å². The van der Waals surface area contributed by atoms with Gasteiger partial charge in [-0.3, -0.25) is 0 Å². The lowest BCUT2D eigenvalue weighted by Crippen LogP contribution is -2.34. The van der Waals surface area contributed by atoms with Gasteiger partial charge >= 0.3 is 0 Å². The third-order valence-corrected chi connectivity index (χ3v) is 3.41. The summed E-state index contributed by atoms with van der Waals surface area (Å²) < 4.78 is 19.1. The SMILES string of the molecule is COc1cc(Cl)cc(C2(C)CCCN2)c1F. The summed E-state index contributed by atoms with van der Waals surface area (Å²) in [5.41, 5.74) is 0.261. The van der Waals surface area contributed by atoms with Gasteiger partial charge in [-0.25, -0.2) is 4.39 Å². The highest BCUT2D eigenvalue weighted by atomic mass is 35.5. The third kappa shape index (κ3) is 1.89. The normalized spacial score (nSPS) is 24.8. The molecule has 1 aromatic rings. The maximum absolute atomic E-state index is 14.1. The van der Waals surface area contributed by atoms with Crippen molar-refractivity contribution in [3.8, 4) is 5.75 Å². The molecule has 1 aliphatic rings. The number of methoxy groups -OCH3 is 1. The fourth-order valence-electron chi connectivity index (χ4n) is 2.24. The van der Waals surface area contributed by atoms with E-state index in [2.05, 4.69) is 5.32 Å². The molecule has 4 heteroatoms. The highest BCUT2D eigenvalue weighted by molar-refractivity contribution is 6.30. The van der Waals surface area contributed by atoms with Crippen LogP contribution in [0.25, 0.3) is 0 Å². The fraction of sp³-hybridized carbons (Fsp3) is 0.500. The predicted molar refractivity (Wildman–Crippen MR) is 62.6 cm³/mol. The molecule has 1 fully saturated rings. The van der Waals surface area contributed by atoms with E-state index in [0.29, 0.717) is 10.6 Å². The summed E-state index contributed by atoms with van der Waals surface area (Å²) in [5.74, 6) is -0.110. The van der Waals surface area contributed by atoms with Crippen LogP contribution in [-0.4, -0.2) is 13.7 Å². The van der Waals surface area contributed by atoms with Crippen LogP contribution >= 0.6 is 11.6 Å². The molecular formula is C12H15ClFNO. The van der Waals surface area contributed by atoms with Crippen LogP contribution in [0.3, 0.4) is 0 Å². The van der Waals surface area contributed by atoms with E-state index in [0.717, 1.165) is 19.4 Å². The third-order valence-electron chi connectivity index (χ3n) is 3.19. The Hall–Kier alpha value is -0.800. The molecule has 1 saturated heterocycles. The van der Waals surface area contributed by atoms with E-state index < -0.39 is 0 Å². The Kier molecular flexibility index (Phi) is 3.08. The monoisotopic (exact) mass is 243 g/mol. The molecule has 1 atom stereocenters. The number of rotatable bonds is 2. The summed E-state index contributed by atoms with van der Waals surface area (Å²) in [7, 11) is 1.45. The van der Waals surface area contributed by atoms with E-state index in [1.165, 1.54) is 13.2 Å². The van der Waals surface area contributed by atoms with Crippen molar-refractivity contribution in [1.29, 1.82) is 0 Å². The van der Waals surface area contributed by atoms with Crippen LogP contribution in [0.2, 0.25) is 5.02 Å². The molecule has 0 spiro atoms. The minimum atomic E-state index is -0.331. The molecule has 1 aromatic carbocycles. The first-order valence-corrected chi connectivity index (χ1v) is 5.73. The molecule has 1 heterocycles. The molecule has 0 saturated carbocycles. The number of hydrogen-bond acceptors (Lipinski definition) is 2. The first-order valence-electron chi connectivity index (χ1n) is 5.35. The van der Waals surface area contributed by atoms with Crippen molar-refractivity contribution in [2.45, 2.75) is 25.3 Å². The Balaban J connectivity index is 2.51. The van der Waals surface area contributed by atoms with Gasteiger partial charge in [0, 0.05) is 22.2 Å². The lowest BCUT2D eigenvalue weighted by atomic mass is 9.90. The molecule has 0 radical (unpaired) electrons. The maximum atomic E-state index is 14.1. The van der Waals surface area contributed by atoms with Crippen LogP contribution in [-0.2, 0) is 5.54 Å². The largest absolute Gasteiger partial charge is 0.494 e. The number of ether oxygens (including phenoxy) is 1. The molecule has 88 valence electrons. The summed E-state index contributed by atoms with van der Waals surface area (Å²) in [6, 6.07) is 3.18. The molecule has 1 aliphatic heterocycles. The van der Waals surface area contributed by atoms with E-state index in [4.69, 9.17) is 16.3 Å². The number of halogens is 2. The van der Waals surface area contributed by atoms with Crippen LogP contribution in [0.4, 0.5) is 4.39 Å². The van der Waals surface area contributed by atoms with Crippen LogP contribution in [0.5, 0.6) is 5.75 Å². The van der Waals surface area contributed by atoms with E-state index in [9.17, 15) is 4.39 Å². The molecule has 16 heavy (non-hydrogen) atoms. The highest BCUT2D eigenvalue weighted by Crippen LogP contribution is 2.37. The quantitative estimate of drug-likeness (QED) is 0.862. The predicted octanol–water partition coefficient (Wildman–Crippen LogP) is 3.09. The molecule has 1 unspecified atom stereocenters. The Labute approximate surface area is 99.7 Å². The maximum Gasteiger partial charge on any atom is 0.170 e. The zero-order valence-corrected chi connectivity index (χ0v) is 10.2. The lowest BCUT2D eigenvalue weighted by Gasteiger charge is -2.26. The molecule has 1 N–H and O–H groups in total. The smallest absolute Gasteiger partial charge is 0.170 e. The van der Waals surface area contributed by atoms with Crippen molar-refractivity contribution in [1.82, 2.24) is 5.32 Å². The summed E-state index contributed by atoms with van der Waals surface area (Å²) in [6.07, 6.45) is 1.96. The van der Waals surface area contributed by atoms with Crippen molar-refractivity contribution in [3.05, 3.63) is 28.5 Å². The molecular weight excluding hydrogens is 229 g/mol. The van der Waals surface area contributed by atoms with Crippen LogP contribution in [0.1, 0.15) is 25.3 Å². The number of nitrogens with one attached hydrogen (secondary N) is 1. The summed E-state index contributed by atoms with van der Waals surface area (Å²) in [4.78, 5) is 0. The van der Waals surface area contributed by atoms with Gasteiger partial charge in [-0.05, 0) is 32.4 Å². The Morgan fingerprint density at radius 2 is 2.25 bits per heavy atom. The second-order valence-electron chi connectivity index (χ2n) is 4.33. The van der Waals surface area contributed by atoms with E-state index in [1.54, 1.807) is 6.07 Å². The highest BCUT2D eigenvalue weighted by Gasteiger charge is 2.33. The van der Waals surface area contributed by atoms with Crippen molar-refractivity contribution in [3.63, 3.8) is 0 Å². The van der Waals surface area contributed by atoms with Gasteiger partial charge in [0.15, 0.2) is 11.6 Å². The van der Waals surface area contributed by atoms with Crippen LogP contribution in [0, 0.1) is 5.82 Å². The average molecular weight is 244 g/mol. The van der Waals surface area contributed by atoms with Crippen molar-refractivity contribution >= 4 is 11.6 Å². The Bertz CT molecular complexity index is 402. The van der Waals surface area contributed by atoms with Crippen molar-refractivity contribution < 1.29 is 9.13 Å². The lowest BCUT2D eigenvalue weighted by molar-refractivity contribution is 0.363. The number of hydrogen-bond donors (Lipinski definition) is 1. The fourth-order valence-corrected chi connectivity index (χ4v) is 2.45. The minimum Gasteiger partial charge on any atom is -0.494 e. The second kappa shape index (κ2) is 4.22. The Morgan fingerprint density at radius 1 is 1.50 bits per heavy atom. The van der Waals surface area contributed by atoms with Crippen LogP contribution < -0.4 is 10.1 Å². The molecule has 0 bridgehead atoms. The zero-order chi connectivity index (χ0) is 11.8. The number of benzene rings is 1. The van der Waals surface area contributed by atoms with Gasteiger partial charge in [0.25, 0.3) is 0 Å². The molecule has 0 aromatic heterocycles. The summed E-state index contributed by atoms with van der Waals surface area (Å²) >= 11 is 5.97. The molecule has 2 nitrogen and oxygen atoms in total. The van der Waals surface area contributed by atoms with Gasteiger partial charge in [-0.1, -0.05) is 11.6 Å². The van der Waals surface area contributed by atoms with Gasteiger partial charge in [-0.15, -0.1) is 0 Å². The molecule has 2 rings (SSSR count). The molecule has 0 amide bonds. The van der Waals surface area contributed by atoms with Gasteiger partial charge in [0.05, 0.1) is 7.11 Å². The van der Waals surface area contributed by atoms with Crippen LogP contribution in [0.15, 0.2) is 12.1 Å². The zero-order valence-electron chi connectivity index (χ0n) is 9.44. The van der Waals surface area contributed by atoms with E-state index in [-0.39, 0.29) is 17.1 Å². The topological polar surface area (TPSA) is 21.3 Å². The first kappa shape index (κ1) is 11.7. The van der Waals surface area contributed by atoms with Gasteiger partial charge in [0.2, 0.25) is 0 Å². The van der Waals surface area contributed by atoms with Crippen molar-refractivity contribution in [2.24, 2.45) is 0 Å². The molecule has 0 aliphatic carbocycles. The van der Waals surface area contributed by atoms with Gasteiger partial charge in [0.1, 0.15) is 0 Å². The second-order valence-corrected chi connectivity index (χ2v) is 4.77. The van der Waals surface area contributed by atoms with Gasteiger partial charge in [-0.2, -0.15) is 0 Å². The standard InChI is InChI=1S/C12H15ClFNO/c1-12(4-3-5-15-12)9-6-8(13)7-10(16-2)11(9)14/h6-7,15H,3-5H2,1-2H3. The van der Waals surface area contributed by atoms with Crippen molar-refractivity contribution in [2.75, 3.05) is 13.7 Å². The first-order chi connectivity index (χ1) is 7.57. The summed E-state index contributed by atoms with van der Waals surface area (Å²) in [6.45, 7) is 2.90.